The van der Waals surface area contributed by atoms with Gasteiger partial charge in [-0.05, 0) is 289 Å². The van der Waals surface area contributed by atoms with Gasteiger partial charge in [-0.25, -0.2) is 0 Å². The van der Waals surface area contributed by atoms with Crippen LogP contribution < -0.4 is 15.1 Å². The molecule has 5 heteroatoms. The maximum atomic E-state index is 9.35. The lowest BCUT2D eigenvalue weighted by molar-refractivity contribution is 0.659. The minimum absolute atomic E-state index is 0.242. The van der Waals surface area contributed by atoms with Crippen molar-refractivity contribution in [1.29, 1.82) is 0 Å². The van der Waals surface area contributed by atoms with Gasteiger partial charge in [-0.1, -0.05) is 365 Å². The van der Waals surface area contributed by atoms with E-state index in [-0.39, 0.29) is 22.0 Å². The average molecular weight is 1740 g/mol. The van der Waals surface area contributed by atoms with Crippen LogP contribution in [0.1, 0.15) is 121 Å². The minimum Gasteiger partial charge on any atom is -0.355 e. The summed E-state index contributed by atoms with van der Waals surface area (Å²) >= 11 is 7.30. The van der Waals surface area contributed by atoms with Crippen molar-refractivity contribution in [2.45, 2.75) is 99.1 Å². The molecule has 3 nitrogen and oxygen atoms in total. The summed E-state index contributed by atoms with van der Waals surface area (Å²) in [6, 6.07) is 122. The van der Waals surface area contributed by atoms with Gasteiger partial charge in [0, 0.05) is 82.4 Å². The van der Waals surface area contributed by atoms with Gasteiger partial charge >= 0.3 is 0 Å². The van der Waals surface area contributed by atoms with Crippen LogP contribution in [0.15, 0.2) is 361 Å². The van der Waals surface area contributed by atoms with Crippen LogP contribution in [0.5, 0.6) is 0 Å². The van der Waals surface area contributed by atoms with Crippen LogP contribution in [0.4, 0.5) is 45.5 Å². The number of benzene rings is 20. The van der Waals surface area contributed by atoms with E-state index in [1.165, 1.54) is 65.7 Å². The molecule has 600 valence electrons. The molecular weight excluding hydrogens is 1630 g/mol. The van der Waals surface area contributed by atoms with Crippen LogP contribution in [0.3, 0.4) is 0 Å². The molecule has 0 aromatic heterocycles. The van der Waals surface area contributed by atoms with Crippen molar-refractivity contribution >= 4 is 142 Å². The predicted molar refractivity (Wildman–Crippen MR) is 539 cm³/mol. The van der Waals surface area contributed by atoms with Crippen molar-refractivity contribution in [2.75, 3.05) is 15.1 Å². The van der Waals surface area contributed by atoms with Gasteiger partial charge in [0.25, 0.3) is 0 Å². The Morgan fingerprint density at radius 1 is 0.234 bits per heavy atom. The molecule has 0 spiro atoms. The third-order valence-corrected chi connectivity index (χ3v) is 28.4. The van der Waals surface area contributed by atoms with E-state index in [4.69, 9.17) is 8.22 Å². The molecule has 0 fully saturated rings. The molecule has 20 aromatic carbocycles. The zero-order valence-electron chi connectivity index (χ0n) is 79.6. The van der Waals surface area contributed by atoms with E-state index in [0.717, 1.165) is 153 Å². The Hall–Kier alpha value is -13.2. The van der Waals surface area contributed by atoms with Crippen molar-refractivity contribution < 1.29 is 12.3 Å². The largest absolute Gasteiger partial charge is 0.355 e. The molecule has 0 unspecified atom stereocenters. The molecule has 0 radical (unpaired) electrons. The fraction of sp³-hybridized carbons (Fsp3) is 0.126. The number of fused-ring (bicyclic) bond motifs is 9. The van der Waals surface area contributed by atoms with Crippen molar-refractivity contribution in [1.82, 2.24) is 0 Å². The Bertz CT molecular complexity index is 7940. The quantitative estimate of drug-likeness (QED) is 0.130. The monoisotopic (exact) mass is 1730 g/mol. The first-order chi connectivity index (χ1) is 63.7. The molecule has 23 rings (SSSR count). The lowest BCUT2D eigenvalue weighted by Crippen LogP contribution is -2.17. The van der Waals surface area contributed by atoms with Crippen molar-refractivity contribution in [3.63, 3.8) is 0 Å². The third-order valence-electron chi connectivity index (χ3n) is 27.0. The fourth-order valence-corrected chi connectivity index (χ4v) is 21.4. The smallest absolute Gasteiger partial charge is 0.0540 e. The average Bonchev–Trinajstić information content (AvgIpc) is 1.71. The van der Waals surface area contributed by atoms with Gasteiger partial charge in [-0.3, -0.25) is 0 Å². The van der Waals surface area contributed by atoms with E-state index >= 15 is 0 Å². The molecule has 0 heterocycles. The third kappa shape index (κ3) is 12.8. The highest BCUT2D eigenvalue weighted by atomic mass is 79.9. The topological polar surface area (TPSA) is 18.5 Å². The summed E-state index contributed by atoms with van der Waals surface area (Å²) in [5.74, 6) is 0. The first-order valence-corrected chi connectivity index (χ1v) is 44.2. The van der Waals surface area contributed by atoms with E-state index in [9.17, 15) is 4.11 Å². The second kappa shape index (κ2) is 30.1. The lowest BCUT2D eigenvalue weighted by atomic mass is 9.82. The van der Waals surface area contributed by atoms with Gasteiger partial charge in [0.1, 0.15) is 0 Å². The first-order valence-electron chi connectivity index (χ1n) is 47.1. The first kappa shape index (κ1) is 68.4. The summed E-state index contributed by atoms with van der Waals surface area (Å²) in [5, 5.41) is 17.3. The van der Waals surface area contributed by atoms with Crippen molar-refractivity contribution in [2.24, 2.45) is 0 Å². The molecule has 20 aromatic rings. The van der Waals surface area contributed by atoms with Crippen LogP contribution in [-0.4, -0.2) is 0 Å². The molecule has 0 saturated carbocycles. The molecule has 0 atom stereocenters. The summed E-state index contributed by atoms with van der Waals surface area (Å²) in [6.45, 7) is 12.4. The van der Waals surface area contributed by atoms with Crippen LogP contribution in [0.25, 0.3) is 131 Å². The second-order valence-corrected chi connectivity index (χ2v) is 37.0. The SMILES string of the molecule is Brc1ccc2ccc3c(Br)ccc4ccc1c2c43.[2H]C([2H])([2H])c1cc2c(cc1Nc1cc(-c3ccccc3)ccc1C)-c1ccccc1C2(C)C.[2H]C([2H])([2H])c1ccc(-c2ccccc2)cc1N(c1cc2c(cc1C)C(C)(C)c1ccccc1-2)c1ccc2ccc3c(N(c4cc(-c5ccccc5)ccc4C)c4cc5c(cc4C([2H])([2H])[2H])C(C)(C)c4ccccc4-5)ccc4ccc1c2c43. The highest BCUT2D eigenvalue weighted by molar-refractivity contribution is 9.11. The number of hydrogen-bond donors (Lipinski definition) is 1. The summed E-state index contributed by atoms with van der Waals surface area (Å²) in [5.41, 5.74) is 29.0. The number of anilines is 8. The van der Waals surface area contributed by atoms with E-state index in [0.29, 0.717) is 22.6 Å². The van der Waals surface area contributed by atoms with E-state index in [1.54, 1.807) is 6.07 Å². The molecule has 3 aliphatic carbocycles. The Balaban J connectivity index is 0.000000168. The molecule has 1 N–H and O–H groups in total. The number of aryl methyl sites for hydroxylation is 6. The van der Waals surface area contributed by atoms with Gasteiger partial charge in [0.05, 0.1) is 11.4 Å². The maximum Gasteiger partial charge on any atom is 0.0540 e. The zero-order valence-corrected chi connectivity index (χ0v) is 73.8. The van der Waals surface area contributed by atoms with Crippen molar-refractivity contribution in [3.05, 3.63) is 428 Å². The number of hydrogen-bond acceptors (Lipinski definition) is 3. The van der Waals surface area contributed by atoms with E-state index in [2.05, 4.69) is 363 Å². The van der Waals surface area contributed by atoms with Gasteiger partial charge in [0.2, 0.25) is 0 Å². The minimum atomic E-state index is -2.49. The van der Waals surface area contributed by atoms with Crippen LogP contribution >= 0.6 is 31.9 Å². The molecule has 0 saturated heterocycles. The summed E-state index contributed by atoms with van der Waals surface area (Å²) < 4.78 is 82.6. The number of nitrogens with one attached hydrogen (secondary N) is 1. The molecule has 0 amide bonds. The maximum absolute atomic E-state index is 9.35. The Kier molecular flexibility index (Phi) is 16.6. The molecule has 124 heavy (non-hydrogen) atoms. The lowest BCUT2D eigenvalue weighted by Gasteiger charge is -2.33. The van der Waals surface area contributed by atoms with Crippen LogP contribution in [-0.2, 0) is 16.2 Å². The normalized spacial score (nSPS) is 14.8. The van der Waals surface area contributed by atoms with Gasteiger partial charge in [-0.15, -0.1) is 0 Å². The predicted octanol–water partition coefficient (Wildman–Crippen LogP) is 34.8. The molecule has 0 aliphatic heterocycles. The van der Waals surface area contributed by atoms with Crippen molar-refractivity contribution in [3.8, 4) is 66.8 Å². The molecule has 3 aliphatic rings. The number of halogens is 2. The van der Waals surface area contributed by atoms with Crippen LogP contribution in [0.2, 0.25) is 0 Å². The van der Waals surface area contributed by atoms with Crippen LogP contribution in [0, 0.1) is 41.3 Å². The summed E-state index contributed by atoms with van der Waals surface area (Å²) in [4.78, 5) is 4.42. The highest BCUT2D eigenvalue weighted by Crippen LogP contribution is 2.58. The Morgan fingerprint density at radius 3 is 1.00 bits per heavy atom. The number of rotatable bonds is 11. The fourth-order valence-electron chi connectivity index (χ4n) is 20.4. The zero-order chi connectivity index (χ0) is 92.4. The second-order valence-electron chi connectivity index (χ2n) is 35.3. The Morgan fingerprint density at radius 2 is 0.556 bits per heavy atom. The van der Waals surface area contributed by atoms with E-state index < -0.39 is 26.0 Å². The molecular formula is C119H95Br2N3. The highest BCUT2D eigenvalue weighted by Gasteiger charge is 2.40. The van der Waals surface area contributed by atoms with Gasteiger partial charge < -0.3 is 15.1 Å². The molecule has 0 bridgehead atoms. The Labute approximate surface area is 757 Å². The van der Waals surface area contributed by atoms with Gasteiger partial charge in [-0.2, -0.15) is 0 Å². The summed E-state index contributed by atoms with van der Waals surface area (Å²) in [7, 11) is 0. The number of nitrogens with zero attached hydrogens (tertiary/aromatic N) is 2. The van der Waals surface area contributed by atoms with Gasteiger partial charge in [0.15, 0.2) is 0 Å². The van der Waals surface area contributed by atoms with E-state index in [1.807, 2.05) is 91.9 Å². The standard InChI is InChI=1S/C74H60N2.C29H27N.C16H8Br2/c1-45-27-29-53(49-19-11-9-12-20-49)41-67(45)75(69-43-59-55-23-15-17-25-61(55)73(5,6)63(59)39-47(69)3)65-37-33-51-32-36-58-66(38-34-52-31-35-57(65)71(51)72(52)58)76(68-42-54(30-28-46(68)2)50-21-13-10-14-22-50)70-44-60-56-24-16-18-26-62(56)74(7,8)64(60)40-48(70)4;1-19-14-15-22(21-10-6-5-7-11-21)17-27(19)30-28-18-24-23-12-8-9-13-25(23)29(3,4)26(24)16-20(28)2;17-13-8-4-10-2-6-12-14(18)7-3-9-1-5-11(13)16(10)15(9)12/h9-44H,1-8H3;5-18,30H,1-4H3;1-8H/i1D3,4D3;2D3;. The summed E-state index contributed by atoms with van der Waals surface area (Å²) in [6.07, 6.45) is 0.